The highest BCUT2D eigenvalue weighted by molar-refractivity contribution is 7.80. The SMILES string of the molecule is C[C@H](CCC(=O)NNC(=S)NCc1c2ccccc2cc2ccccc12)[C@H]1CC[C@H]2[C@@H]3[C@H](O)C[C@@H]4C[C@H](O)CC[C@]4(C)[C@H]3C[C@H](O)[C@]12C. The number of nitrogens with one attached hydrogen (secondary N) is 3. The van der Waals surface area contributed by atoms with Gasteiger partial charge in [0.25, 0.3) is 0 Å². The lowest BCUT2D eigenvalue weighted by Crippen LogP contribution is -2.62. The normalized spacial score (nSPS) is 36.5. The lowest BCUT2D eigenvalue weighted by atomic mass is 9.43. The summed E-state index contributed by atoms with van der Waals surface area (Å²) >= 11 is 5.54. The van der Waals surface area contributed by atoms with E-state index in [0.29, 0.717) is 29.9 Å². The number of amides is 1. The number of fused-ring (bicyclic) bond motifs is 7. The molecule has 0 aromatic heterocycles. The zero-order valence-corrected chi connectivity index (χ0v) is 29.4. The topological polar surface area (TPSA) is 114 Å². The molecule has 6 N–H and O–H groups in total. The Morgan fingerprint density at radius 1 is 0.917 bits per heavy atom. The molecule has 48 heavy (non-hydrogen) atoms. The van der Waals surface area contributed by atoms with E-state index in [1.54, 1.807) is 0 Å². The summed E-state index contributed by atoms with van der Waals surface area (Å²) in [5.41, 5.74) is 6.66. The molecule has 1 amide bonds. The van der Waals surface area contributed by atoms with Gasteiger partial charge in [-0.25, -0.2) is 0 Å². The molecule has 7 nitrogen and oxygen atoms in total. The molecule has 0 bridgehead atoms. The molecule has 8 heteroatoms. The van der Waals surface area contributed by atoms with Gasteiger partial charge >= 0.3 is 0 Å². The summed E-state index contributed by atoms with van der Waals surface area (Å²) < 4.78 is 0. The lowest BCUT2D eigenvalue weighted by molar-refractivity contribution is -0.207. The summed E-state index contributed by atoms with van der Waals surface area (Å²) in [6, 6.07) is 18.9. The predicted molar refractivity (Wildman–Crippen MR) is 195 cm³/mol. The Morgan fingerprint density at radius 3 is 2.31 bits per heavy atom. The monoisotopic (exact) mass is 671 g/mol. The number of hydrogen-bond acceptors (Lipinski definition) is 5. The highest BCUT2D eigenvalue weighted by Crippen LogP contribution is 2.68. The van der Waals surface area contributed by atoms with Gasteiger partial charge in [0, 0.05) is 13.0 Å². The van der Waals surface area contributed by atoms with E-state index in [1.165, 1.54) is 27.1 Å². The van der Waals surface area contributed by atoms with Crippen molar-refractivity contribution >= 4 is 44.8 Å². The number of carbonyl (C=O) groups excluding carboxylic acids is 1. The molecule has 3 aromatic carbocycles. The molecular formula is C40H53N3O4S. The Balaban J connectivity index is 0.936. The minimum absolute atomic E-state index is 0.0678. The van der Waals surface area contributed by atoms with Crippen LogP contribution in [0.1, 0.15) is 84.1 Å². The molecule has 0 heterocycles. The smallest absolute Gasteiger partial charge is 0.238 e. The second-order valence-corrected chi connectivity index (χ2v) is 16.6. The van der Waals surface area contributed by atoms with E-state index in [0.717, 1.165) is 51.4 Å². The van der Waals surface area contributed by atoms with Gasteiger partial charge in [0.2, 0.25) is 5.91 Å². The molecule has 0 saturated heterocycles. The van der Waals surface area contributed by atoms with Crippen LogP contribution in [-0.2, 0) is 11.3 Å². The Kier molecular flexibility index (Phi) is 9.24. The van der Waals surface area contributed by atoms with Gasteiger partial charge in [-0.2, -0.15) is 0 Å². The van der Waals surface area contributed by atoms with E-state index < -0.39 is 6.10 Å². The standard InChI is InChI=1S/C40H53N3O4S/c1-23(31-13-14-32-37-33(21-35(46)40(31,32)3)39(2)17-16-27(44)19-26(39)20-34(37)45)12-15-36(47)42-43-38(48)41-22-30-28-10-6-4-8-24(28)18-25-9-5-7-11-29(25)30/h4-11,18,23,26-27,31-35,37,44-46H,12-17,19-22H2,1-3H3,(H,42,47)(H2,41,43,48)/t23-,26+,27-,31-,32+,33+,34-,35+,37+,39+,40-/m1/s1. The fraction of sp³-hybridized carbons (Fsp3) is 0.600. The van der Waals surface area contributed by atoms with Crippen molar-refractivity contribution < 1.29 is 20.1 Å². The molecule has 4 fully saturated rings. The largest absolute Gasteiger partial charge is 0.393 e. The summed E-state index contributed by atoms with van der Waals surface area (Å²) in [5.74, 6) is 1.52. The van der Waals surface area contributed by atoms with E-state index in [9.17, 15) is 20.1 Å². The number of aliphatic hydroxyl groups is 3. The van der Waals surface area contributed by atoms with Gasteiger partial charge in [-0.1, -0.05) is 69.3 Å². The third-order valence-corrected chi connectivity index (χ3v) is 14.2. The van der Waals surface area contributed by atoms with E-state index in [2.05, 4.69) is 79.4 Å². The van der Waals surface area contributed by atoms with Crippen molar-refractivity contribution in [3.63, 3.8) is 0 Å². The predicted octanol–water partition coefficient (Wildman–Crippen LogP) is 6.37. The van der Waals surface area contributed by atoms with Gasteiger partial charge in [-0.3, -0.25) is 15.6 Å². The van der Waals surface area contributed by atoms with Crippen molar-refractivity contribution in [1.82, 2.24) is 16.2 Å². The Labute approximate surface area is 290 Å². The zero-order chi connectivity index (χ0) is 33.8. The van der Waals surface area contributed by atoms with Crippen LogP contribution in [-0.4, -0.2) is 44.7 Å². The lowest BCUT2D eigenvalue weighted by Gasteiger charge is -2.63. The molecule has 4 aliphatic carbocycles. The Morgan fingerprint density at radius 2 is 1.60 bits per heavy atom. The van der Waals surface area contributed by atoms with Crippen molar-refractivity contribution in [2.24, 2.45) is 46.3 Å². The maximum Gasteiger partial charge on any atom is 0.238 e. The number of benzene rings is 3. The van der Waals surface area contributed by atoms with Gasteiger partial charge in [-0.05, 0) is 143 Å². The molecule has 11 atom stereocenters. The molecule has 0 radical (unpaired) electrons. The molecule has 4 aliphatic rings. The number of hydrogen-bond donors (Lipinski definition) is 6. The second kappa shape index (κ2) is 13.2. The van der Waals surface area contributed by atoms with Gasteiger partial charge in [-0.15, -0.1) is 0 Å². The average Bonchev–Trinajstić information content (AvgIpc) is 3.44. The van der Waals surface area contributed by atoms with Crippen molar-refractivity contribution in [2.45, 2.75) is 103 Å². The molecule has 7 rings (SSSR count). The first-order chi connectivity index (χ1) is 23.0. The molecule has 3 aromatic rings. The summed E-state index contributed by atoms with van der Waals surface area (Å²) in [6.45, 7) is 7.40. The molecule has 258 valence electrons. The minimum Gasteiger partial charge on any atom is -0.393 e. The summed E-state index contributed by atoms with van der Waals surface area (Å²) in [5, 5.41) is 42.2. The third-order valence-electron chi connectivity index (χ3n) is 14.0. The van der Waals surface area contributed by atoms with E-state index in [-0.39, 0.29) is 52.6 Å². The number of rotatable bonds is 6. The van der Waals surface area contributed by atoms with Crippen molar-refractivity contribution in [3.05, 3.63) is 60.2 Å². The van der Waals surface area contributed by atoms with Crippen molar-refractivity contribution in [2.75, 3.05) is 0 Å². The van der Waals surface area contributed by atoms with Crippen LogP contribution in [0.5, 0.6) is 0 Å². The fourth-order valence-electron chi connectivity index (χ4n) is 11.4. The number of hydrazine groups is 1. The van der Waals surface area contributed by atoms with Crippen molar-refractivity contribution in [3.8, 4) is 0 Å². The van der Waals surface area contributed by atoms with Crippen molar-refractivity contribution in [1.29, 1.82) is 0 Å². The third kappa shape index (κ3) is 5.80. The van der Waals surface area contributed by atoms with E-state index in [4.69, 9.17) is 12.2 Å². The first-order valence-corrected chi connectivity index (χ1v) is 18.7. The molecular weight excluding hydrogens is 619 g/mol. The maximum atomic E-state index is 13.0. The van der Waals surface area contributed by atoms with Crippen LogP contribution in [0.15, 0.2) is 54.6 Å². The van der Waals surface area contributed by atoms with Crippen LogP contribution in [0, 0.1) is 46.3 Å². The van der Waals surface area contributed by atoms with Gasteiger partial charge < -0.3 is 20.6 Å². The van der Waals surface area contributed by atoms with Gasteiger partial charge in [0.15, 0.2) is 5.11 Å². The fourth-order valence-corrected chi connectivity index (χ4v) is 11.5. The Bertz CT molecular complexity index is 1630. The highest BCUT2D eigenvalue weighted by atomic mass is 32.1. The summed E-state index contributed by atoms with van der Waals surface area (Å²) in [7, 11) is 0. The van der Waals surface area contributed by atoms with Crippen LogP contribution in [0.3, 0.4) is 0 Å². The number of thiocarbonyl (C=S) groups is 1. The summed E-state index contributed by atoms with van der Waals surface area (Å²) in [4.78, 5) is 13.0. The minimum atomic E-state index is -0.425. The van der Waals surface area contributed by atoms with Crippen LogP contribution in [0.4, 0.5) is 0 Å². The quantitative estimate of drug-likeness (QED) is 0.103. The Hall–Kier alpha value is -2.78. The number of carbonyl (C=O) groups is 1. The maximum absolute atomic E-state index is 13.0. The first kappa shape index (κ1) is 33.7. The van der Waals surface area contributed by atoms with E-state index in [1.807, 2.05) is 12.1 Å². The van der Waals surface area contributed by atoms with Gasteiger partial charge in [0.05, 0.1) is 18.3 Å². The number of aliphatic hydroxyl groups excluding tert-OH is 3. The second-order valence-electron chi connectivity index (χ2n) is 16.2. The zero-order valence-electron chi connectivity index (χ0n) is 28.6. The van der Waals surface area contributed by atoms with Crippen LogP contribution in [0.2, 0.25) is 0 Å². The van der Waals surface area contributed by atoms with Crippen LogP contribution >= 0.6 is 12.2 Å². The van der Waals surface area contributed by atoms with E-state index >= 15 is 0 Å². The average molecular weight is 672 g/mol. The molecule has 0 unspecified atom stereocenters. The summed E-state index contributed by atoms with van der Waals surface area (Å²) in [6.07, 6.45) is 6.13. The first-order valence-electron chi connectivity index (χ1n) is 18.3. The molecule has 0 spiro atoms. The van der Waals surface area contributed by atoms with Gasteiger partial charge in [0.1, 0.15) is 0 Å². The van der Waals surface area contributed by atoms with Crippen LogP contribution < -0.4 is 16.2 Å². The molecule has 0 aliphatic heterocycles. The van der Waals surface area contributed by atoms with Crippen LogP contribution in [0.25, 0.3) is 21.5 Å². The molecule has 4 saturated carbocycles. The highest BCUT2D eigenvalue weighted by Gasteiger charge is 2.65.